The Morgan fingerprint density at radius 3 is 2.75 bits per heavy atom. The van der Waals surface area contributed by atoms with Crippen molar-refractivity contribution in [3.63, 3.8) is 0 Å². The van der Waals surface area contributed by atoms with Gasteiger partial charge in [0.1, 0.15) is 0 Å². The molecular formula is C13H20N2S. The Morgan fingerprint density at radius 2 is 2.19 bits per heavy atom. The van der Waals surface area contributed by atoms with E-state index in [4.69, 9.17) is 5.73 Å². The third-order valence-corrected chi connectivity index (χ3v) is 4.53. The van der Waals surface area contributed by atoms with Crippen molar-refractivity contribution in [3.05, 3.63) is 35.9 Å². The summed E-state index contributed by atoms with van der Waals surface area (Å²) in [6.07, 6.45) is 1.30. The van der Waals surface area contributed by atoms with Crippen LogP contribution in [0.1, 0.15) is 18.0 Å². The number of rotatable bonds is 4. The number of benzene rings is 1. The quantitative estimate of drug-likeness (QED) is 0.868. The standard InChI is InChI=1S/C13H20N2S/c1-15(12-7-8-16-10-12)13(9-14)11-5-3-2-4-6-11/h2-6,12-13H,7-10,14H2,1H3. The molecule has 2 nitrogen and oxygen atoms in total. The van der Waals surface area contributed by atoms with E-state index in [1.807, 2.05) is 0 Å². The molecule has 0 spiro atoms. The molecule has 16 heavy (non-hydrogen) atoms. The molecule has 0 saturated carbocycles. The number of nitrogens with zero attached hydrogens (tertiary/aromatic N) is 1. The van der Waals surface area contributed by atoms with Crippen molar-refractivity contribution in [2.75, 3.05) is 25.1 Å². The summed E-state index contributed by atoms with van der Waals surface area (Å²) in [6, 6.07) is 11.7. The normalized spacial score (nSPS) is 22.6. The van der Waals surface area contributed by atoms with Crippen LogP contribution in [0.3, 0.4) is 0 Å². The minimum absolute atomic E-state index is 0.366. The van der Waals surface area contributed by atoms with Crippen LogP contribution in [0.15, 0.2) is 30.3 Å². The van der Waals surface area contributed by atoms with Crippen molar-refractivity contribution >= 4 is 11.8 Å². The zero-order valence-electron chi connectivity index (χ0n) is 9.80. The molecule has 1 aliphatic rings. The lowest BCUT2D eigenvalue weighted by molar-refractivity contribution is 0.193. The van der Waals surface area contributed by atoms with Crippen LogP contribution >= 0.6 is 11.8 Å². The van der Waals surface area contributed by atoms with Crippen molar-refractivity contribution in [3.8, 4) is 0 Å². The molecule has 88 valence electrons. The Bertz CT molecular complexity index is 309. The number of hydrogen-bond donors (Lipinski definition) is 1. The Hall–Kier alpha value is -0.510. The van der Waals surface area contributed by atoms with Crippen molar-refractivity contribution in [1.29, 1.82) is 0 Å². The van der Waals surface area contributed by atoms with Crippen LogP contribution in [0.5, 0.6) is 0 Å². The SMILES string of the molecule is CN(C1CCSC1)C(CN)c1ccccc1. The molecule has 1 fully saturated rings. The van der Waals surface area contributed by atoms with Gasteiger partial charge in [-0.25, -0.2) is 0 Å². The average molecular weight is 236 g/mol. The molecule has 0 radical (unpaired) electrons. The van der Waals surface area contributed by atoms with Crippen molar-refractivity contribution in [1.82, 2.24) is 4.90 Å². The molecule has 1 aromatic carbocycles. The first kappa shape index (κ1) is 12.0. The largest absolute Gasteiger partial charge is 0.329 e. The van der Waals surface area contributed by atoms with Crippen LogP contribution in [0.25, 0.3) is 0 Å². The maximum absolute atomic E-state index is 5.92. The minimum Gasteiger partial charge on any atom is -0.329 e. The van der Waals surface area contributed by atoms with Crippen LogP contribution < -0.4 is 5.73 Å². The Kier molecular flexibility index (Phi) is 4.27. The van der Waals surface area contributed by atoms with Gasteiger partial charge in [-0.1, -0.05) is 30.3 Å². The monoisotopic (exact) mass is 236 g/mol. The fraction of sp³-hybridized carbons (Fsp3) is 0.538. The molecule has 0 amide bonds. The van der Waals surface area contributed by atoms with Gasteiger partial charge in [0.25, 0.3) is 0 Å². The first-order valence-corrected chi connectivity index (χ1v) is 7.03. The van der Waals surface area contributed by atoms with E-state index in [1.54, 1.807) is 0 Å². The van der Waals surface area contributed by atoms with Gasteiger partial charge in [-0.2, -0.15) is 11.8 Å². The topological polar surface area (TPSA) is 29.3 Å². The highest BCUT2D eigenvalue weighted by Crippen LogP contribution is 2.27. The van der Waals surface area contributed by atoms with E-state index in [0.717, 1.165) is 0 Å². The summed E-state index contributed by atoms with van der Waals surface area (Å²) in [5.41, 5.74) is 7.26. The van der Waals surface area contributed by atoms with Gasteiger partial charge in [0, 0.05) is 24.4 Å². The fourth-order valence-corrected chi connectivity index (χ4v) is 3.59. The molecule has 1 aromatic rings. The highest BCUT2D eigenvalue weighted by molar-refractivity contribution is 7.99. The molecule has 0 aliphatic carbocycles. The van der Waals surface area contributed by atoms with Crippen molar-refractivity contribution in [2.45, 2.75) is 18.5 Å². The lowest BCUT2D eigenvalue weighted by Crippen LogP contribution is -2.38. The van der Waals surface area contributed by atoms with E-state index in [1.165, 1.54) is 23.5 Å². The summed E-state index contributed by atoms with van der Waals surface area (Å²) in [6.45, 7) is 0.696. The Labute approximate surface area is 102 Å². The van der Waals surface area contributed by atoms with Gasteiger partial charge >= 0.3 is 0 Å². The second-order valence-corrected chi connectivity index (χ2v) is 5.49. The van der Waals surface area contributed by atoms with E-state index in [2.05, 4.69) is 54.0 Å². The molecule has 2 N–H and O–H groups in total. The predicted octanol–water partition coefficient (Wildman–Crippen LogP) is 2.12. The number of nitrogens with two attached hydrogens (primary N) is 1. The van der Waals surface area contributed by atoms with Crippen LogP contribution in [0.2, 0.25) is 0 Å². The second-order valence-electron chi connectivity index (χ2n) is 4.35. The van der Waals surface area contributed by atoms with E-state index >= 15 is 0 Å². The van der Waals surface area contributed by atoms with Gasteiger partial charge in [-0.05, 0) is 24.8 Å². The predicted molar refractivity (Wildman–Crippen MR) is 71.7 cm³/mol. The number of thioether (sulfide) groups is 1. The molecule has 2 unspecified atom stereocenters. The highest BCUT2D eigenvalue weighted by atomic mass is 32.2. The molecular weight excluding hydrogens is 216 g/mol. The maximum atomic E-state index is 5.92. The lowest BCUT2D eigenvalue weighted by Gasteiger charge is -2.32. The Morgan fingerprint density at radius 1 is 1.44 bits per heavy atom. The molecule has 1 heterocycles. The van der Waals surface area contributed by atoms with Gasteiger partial charge in [0.05, 0.1) is 0 Å². The molecule has 2 atom stereocenters. The zero-order chi connectivity index (χ0) is 11.4. The summed E-state index contributed by atoms with van der Waals surface area (Å²) in [4.78, 5) is 2.45. The van der Waals surface area contributed by atoms with Gasteiger partial charge in [0.15, 0.2) is 0 Å². The highest BCUT2D eigenvalue weighted by Gasteiger charge is 2.25. The fourth-order valence-electron chi connectivity index (χ4n) is 2.31. The second kappa shape index (κ2) is 5.71. The number of likely N-dealkylation sites (N-methyl/N-ethyl adjacent to an activating group) is 1. The summed E-state index contributed by atoms with van der Waals surface area (Å²) in [5.74, 6) is 2.54. The van der Waals surface area contributed by atoms with E-state index in [0.29, 0.717) is 18.6 Å². The third kappa shape index (κ3) is 2.59. The van der Waals surface area contributed by atoms with Gasteiger partial charge in [-0.15, -0.1) is 0 Å². The summed E-state index contributed by atoms with van der Waals surface area (Å²) >= 11 is 2.05. The molecule has 0 aromatic heterocycles. The third-order valence-electron chi connectivity index (χ3n) is 3.38. The molecule has 1 aliphatic heterocycles. The van der Waals surface area contributed by atoms with E-state index < -0.39 is 0 Å². The van der Waals surface area contributed by atoms with Gasteiger partial charge in [-0.3, -0.25) is 4.90 Å². The smallest absolute Gasteiger partial charge is 0.0470 e. The van der Waals surface area contributed by atoms with Crippen molar-refractivity contribution in [2.24, 2.45) is 5.73 Å². The van der Waals surface area contributed by atoms with Crippen LogP contribution in [0.4, 0.5) is 0 Å². The van der Waals surface area contributed by atoms with E-state index in [-0.39, 0.29) is 0 Å². The van der Waals surface area contributed by atoms with Crippen LogP contribution in [0, 0.1) is 0 Å². The molecule has 1 saturated heterocycles. The van der Waals surface area contributed by atoms with Crippen LogP contribution in [-0.4, -0.2) is 36.0 Å². The first-order chi connectivity index (χ1) is 7.83. The first-order valence-electron chi connectivity index (χ1n) is 5.87. The summed E-state index contributed by atoms with van der Waals surface area (Å²) < 4.78 is 0. The zero-order valence-corrected chi connectivity index (χ0v) is 10.6. The number of hydrogen-bond acceptors (Lipinski definition) is 3. The molecule has 3 heteroatoms. The van der Waals surface area contributed by atoms with Crippen LogP contribution in [-0.2, 0) is 0 Å². The Balaban J connectivity index is 2.09. The van der Waals surface area contributed by atoms with Crippen molar-refractivity contribution < 1.29 is 0 Å². The van der Waals surface area contributed by atoms with E-state index in [9.17, 15) is 0 Å². The van der Waals surface area contributed by atoms with Gasteiger partial charge < -0.3 is 5.73 Å². The molecule has 0 bridgehead atoms. The summed E-state index contributed by atoms with van der Waals surface area (Å²) in [5, 5.41) is 0. The van der Waals surface area contributed by atoms with Gasteiger partial charge in [0.2, 0.25) is 0 Å². The maximum Gasteiger partial charge on any atom is 0.0470 e. The molecule has 2 rings (SSSR count). The minimum atomic E-state index is 0.366. The lowest BCUT2D eigenvalue weighted by atomic mass is 10.0. The average Bonchev–Trinajstić information content (AvgIpc) is 2.85. The summed E-state index contributed by atoms with van der Waals surface area (Å²) in [7, 11) is 2.21.